The minimum atomic E-state index is -0.678. The molecule has 1 aliphatic heterocycles. The number of likely N-dealkylation sites (N-methyl/N-ethyl adjacent to an activating group) is 1. The molecular weight excluding hydrogens is 404 g/mol. The van der Waals surface area contributed by atoms with Crippen LogP contribution in [0.25, 0.3) is 16.5 Å². The standard InChI is InChI=1S/C26H26N2O4/c1-27(2)15-16-28-23(21-10-6-8-17-7-4-5-9-20(17)21)22(25(30)26(28)31)24(29)18-11-13-19(32-3)14-12-18/h4-14,23,29H,15-16H2,1-3H3/b24-22-. The monoisotopic (exact) mass is 430 g/mol. The fourth-order valence-electron chi connectivity index (χ4n) is 4.14. The van der Waals surface area contributed by atoms with Gasteiger partial charge in [0, 0.05) is 18.7 Å². The molecular formula is C26H26N2O4. The van der Waals surface area contributed by atoms with Gasteiger partial charge in [-0.25, -0.2) is 0 Å². The number of methoxy groups -OCH3 is 1. The van der Waals surface area contributed by atoms with Crippen molar-refractivity contribution in [2.75, 3.05) is 34.3 Å². The molecule has 1 heterocycles. The summed E-state index contributed by atoms with van der Waals surface area (Å²) in [5.41, 5.74) is 1.38. The zero-order valence-corrected chi connectivity index (χ0v) is 18.4. The second-order valence-electron chi connectivity index (χ2n) is 8.09. The molecule has 1 aliphatic rings. The second kappa shape index (κ2) is 8.85. The Morgan fingerprint density at radius 3 is 2.38 bits per heavy atom. The summed E-state index contributed by atoms with van der Waals surface area (Å²) >= 11 is 0. The topological polar surface area (TPSA) is 70.1 Å². The number of rotatable bonds is 6. The Morgan fingerprint density at radius 1 is 1.00 bits per heavy atom. The number of carbonyl (C=O) groups is 2. The molecule has 1 amide bonds. The van der Waals surface area contributed by atoms with Crippen LogP contribution in [0.4, 0.5) is 0 Å². The average molecular weight is 431 g/mol. The predicted octanol–water partition coefficient (Wildman–Crippen LogP) is 3.83. The molecule has 4 rings (SSSR count). The van der Waals surface area contributed by atoms with E-state index in [0.717, 1.165) is 16.3 Å². The van der Waals surface area contributed by atoms with E-state index in [2.05, 4.69) is 0 Å². The van der Waals surface area contributed by atoms with E-state index in [-0.39, 0.29) is 11.3 Å². The van der Waals surface area contributed by atoms with E-state index in [1.54, 1.807) is 36.3 Å². The molecule has 0 saturated carbocycles. The Bertz CT molecular complexity index is 1190. The van der Waals surface area contributed by atoms with Crippen LogP contribution in [0, 0.1) is 0 Å². The Kier molecular flexibility index (Phi) is 5.97. The van der Waals surface area contributed by atoms with Crippen LogP contribution >= 0.6 is 0 Å². The molecule has 6 nitrogen and oxygen atoms in total. The van der Waals surface area contributed by atoms with E-state index in [0.29, 0.717) is 24.4 Å². The van der Waals surface area contributed by atoms with Gasteiger partial charge in [0.15, 0.2) is 0 Å². The van der Waals surface area contributed by atoms with Crippen LogP contribution in [-0.2, 0) is 9.59 Å². The van der Waals surface area contributed by atoms with E-state index in [4.69, 9.17) is 4.74 Å². The summed E-state index contributed by atoms with van der Waals surface area (Å²) in [6.07, 6.45) is 0. The zero-order valence-electron chi connectivity index (χ0n) is 18.4. The van der Waals surface area contributed by atoms with E-state index in [1.165, 1.54) is 0 Å². The molecule has 0 radical (unpaired) electrons. The first-order valence-corrected chi connectivity index (χ1v) is 10.5. The van der Waals surface area contributed by atoms with Crippen molar-refractivity contribution < 1.29 is 19.4 Å². The van der Waals surface area contributed by atoms with Crippen LogP contribution in [0.5, 0.6) is 5.75 Å². The van der Waals surface area contributed by atoms with Gasteiger partial charge in [0.05, 0.1) is 18.7 Å². The fourth-order valence-corrected chi connectivity index (χ4v) is 4.14. The molecule has 0 spiro atoms. The molecule has 6 heteroatoms. The lowest BCUT2D eigenvalue weighted by Crippen LogP contribution is -2.35. The van der Waals surface area contributed by atoms with Gasteiger partial charge in [-0.3, -0.25) is 9.59 Å². The Labute approximate surface area is 187 Å². The number of nitrogens with zero attached hydrogens (tertiary/aromatic N) is 2. The highest BCUT2D eigenvalue weighted by molar-refractivity contribution is 6.46. The maximum atomic E-state index is 13.2. The SMILES string of the molecule is COc1ccc(/C(O)=C2/C(=O)C(=O)N(CCN(C)C)C2c2cccc3ccccc23)cc1. The molecule has 1 unspecified atom stereocenters. The van der Waals surface area contributed by atoms with Gasteiger partial charge in [-0.2, -0.15) is 0 Å². The van der Waals surface area contributed by atoms with Crippen LogP contribution in [0.2, 0.25) is 0 Å². The minimum absolute atomic E-state index is 0.107. The maximum absolute atomic E-state index is 13.2. The number of ether oxygens (including phenoxy) is 1. The van der Waals surface area contributed by atoms with Crippen LogP contribution in [0.3, 0.4) is 0 Å². The number of amides is 1. The molecule has 1 N–H and O–H groups in total. The number of hydrogen-bond acceptors (Lipinski definition) is 5. The Balaban J connectivity index is 1.91. The van der Waals surface area contributed by atoms with Crippen molar-refractivity contribution in [3.05, 3.63) is 83.4 Å². The molecule has 1 atom stereocenters. The summed E-state index contributed by atoms with van der Waals surface area (Å²) in [5, 5.41) is 13.1. The van der Waals surface area contributed by atoms with E-state index >= 15 is 0 Å². The smallest absolute Gasteiger partial charge is 0.295 e. The van der Waals surface area contributed by atoms with Crippen molar-refractivity contribution >= 4 is 28.2 Å². The van der Waals surface area contributed by atoms with Crippen molar-refractivity contribution in [2.45, 2.75) is 6.04 Å². The highest BCUT2D eigenvalue weighted by Crippen LogP contribution is 2.41. The normalized spacial score (nSPS) is 18.0. The fraction of sp³-hybridized carbons (Fsp3) is 0.231. The van der Waals surface area contributed by atoms with Crippen molar-refractivity contribution in [1.82, 2.24) is 9.80 Å². The molecule has 164 valence electrons. The number of benzene rings is 3. The molecule has 1 fully saturated rings. The predicted molar refractivity (Wildman–Crippen MR) is 125 cm³/mol. The van der Waals surface area contributed by atoms with Crippen LogP contribution in [0.1, 0.15) is 17.2 Å². The van der Waals surface area contributed by atoms with E-state index in [9.17, 15) is 14.7 Å². The summed E-state index contributed by atoms with van der Waals surface area (Å²) in [6, 6.07) is 19.8. The summed E-state index contributed by atoms with van der Waals surface area (Å²) in [5.74, 6) is -0.815. The third-order valence-electron chi connectivity index (χ3n) is 5.81. The van der Waals surface area contributed by atoms with Crippen LogP contribution in [0.15, 0.2) is 72.3 Å². The summed E-state index contributed by atoms with van der Waals surface area (Å²) < 4.78 is 5.19. The van der Waals surface area contributed by atoms with Crippen molar-refractivity contribution in [1.29, 1.82) is 0 Å². The van der Waals surface area contributed by atoms with Gasteiger partial charge in [-0.15, -0.1) is 0 Å². The summed E-state index contributed by atoms with van der Waals surface area (Å²) in [6.45, 7) is 0.960. The zero-order chi connectivity index (χ0) is 22.8. The van der Waals surface area contributed by atoms with Crippen LogP contribution in [-0.4, -0.2) is 60.9 Å². The van der Waals surface area contributed by atoms with Crippen molar-refractivity contribution in [3.63, 3.8) is 0 Å². The highest BCUT2D eigenvalue weighted by atomic mass is 16.5. The molecule has 0 aromatic heterocycles. The molecule has 0 bridgehead atoms. The van der Waals surface area contributed by atoms with Gasteiger partial charge in [0.25, 0.3) is 11.7 Å². The summed E-state index contributed by atoms with van der Waals surface area (Å²) in [4.78, 5) is 29.8. The van der Waals surface area contributed by atoms with Crippen molar-refractivity contribution in [3.8, 4) is 5.75 Å². The number of aliphatic hydroxyl groups is 1. The lowest BCUT2D eigenvalue weighted by atomic mass is 9.91. The number of Topliss-reactive ketones (excluding diaryl/α,β-unsaturated/α-hetero) is 1. The van der Waals surface area contributed by atoms with Gasteiger partial charge in [-0.1, -0.05) is 42.5 Å². The van der Waals surface area contributed by atoms with Gasteiger partial charge in [0.1, 0.15) is 11.5 Å². The first-order chi connectivity index (χ1) is 15.4. The number of ketones is 1. The Hall–Kier alpha value is -3.64. The van der Waals surface area contributed by atoms with E-state index < -0.39 is 17.7 Å². The first-order valence-electron chi connectivity index (χ1n) is 10.5. The summed E-state index contributed by atoms with van der Waals surface area (Å²) in [7, 11) is 5.40. The number of hydrogen-bond donors (Lipinski definition) is 1. The lowest BCUT2D eigenvalue weighted by Gasteiger charge is -2.27. The first kappa shape index (κ1) is 21.6. The quantitative estimate of drug-likeness (QED) is 0.366. The Morgan fingerprint density at radius 2 is 1.69 bits per heavy atom. The number of aliphatic hydroxyl groups excluding tert-OH is 1. The molecule has 3 aromatic carbocycles. The van der Waals surface area contributed by atoms with Gasteiger partial charge < -0.3 is 19.6 Å². The van der Waals surface area contributed by atoms with Gasteiger partial charge >= 0.3 is 0 Å². The average Bonchev–Trinajstić information content (AvgIpc) is 3.06. The number of likely N-dealkylation sites (tertiary alicyclic amines) is 1. The molecule has 0 aliphatic carbocycles. The van der Waals surface area contributed by atoms with Crippen molar-refractivity contribution in [2.24, 2.45) is 0 Å². The molecule has 32 heavy (non-hydrogen) atoms. The molecule has 3 aromatic rings. The highest BCUT2D eigenvalue weighted by Gasteiger charge is 2.46. The van der Waals surface area contributed by atoms with E-state index in [1.807, 2.05) is 61.5 Å². The number of carbonyl (C=O) groups excluding carboxylic acids is 2. The van der Waals surface area contributed by atoms with Gasteiger partial charge in [0.2, 0.25) is 0 Å². The largest absolute Gasteiger partial charge is 0.507 e. The third-order valence-corrected chi connectivity index (χ3v) is 5.81. The number of fused-ring (bicyclic) bond motifs is 1. The third kappa shape index (κ3) is 3.85. The van der Waals surface area contributed by atoms with Gasteiger partial charge in [-0.05, 0) is 54.7 Å². The maximum Gasteiger partial charge on any atom is 0.295 e. The van der Waals surface area contributed by atoms with Crippen LogP contribution < -0.4 is 4.74 Å². The minimum Gasteiger partial charge on any atom is -0.507 e. The lowest BCUT2D eigenvalue weighted by molar-refractivity contribution is -0.140. The molecule has 1 saturated heterocycles. The second-order valence-corrected chi connectivity index (χ2v) is 8.09.